The van der Waals surface area contributed by atoms with E-state index >= 15 is 0 Å². The van der Waals surface area contributed by atoms with Gasteiger partial charge in [-0.05, 0) is 19.0 Å². The van der Waals surface area contributed by atoms with E-state index in [1.54, 1.807) is 7.11 Å². The minimum absolute atomic E-state index is 0.118. The predicted octanol–water partition coefficient (Wildman–Crippen LogP) is 2.28. The zero-order valence-corrected chi connectivity index (χ0v) is 10.5. The highest BCUT2D eigenvalue weighted by molar-refractivity contribution is 6.74. The highest BCUT2D eigenvalue weighted by atomic mass is 28.4. The Morgan fingerprint density at radius 3 is 2.29 bits per heavy atom. The third-order valence-electron chi connectivity index (χ3n) is 2.80. The molecule has 0 radical (unpaired) electrons. The Kier molecular flexibility index (Phi) is 5.72. The molecule has 82 valence electrons. The van der Waals surface area contributed by atoms with Crippen LogP contribution in [0.4, 0.5) is 0 Å². The quantitative estimate of drug-likeness (QED) is 0.388. The van der Waals surface area contributed by atoms with E-state index in [1.807, 2.05) is 6.92 Å². The largest absolute Gasteiger partial charge is 0.460 e. The van der Waals surface area contributed by atoms with Crippen LogP contribution in [-0.4, -0.2) is 27.1 Å². The van der Waals surface area contributed by atoms with Crippen LogP contribution >= 0.6 is 0 Å². The van der Waals surface area contributed by atoms with E-state index in [9.17, 15) is 4.79 Å². The molecule has 0 saturated heterocycles. The predicted molar refractivity (Wildman–Crippen MR) is 59.5 cm³/mol. The monoisotopic (exact) mass is 216 g/mol. The lowest BCUT2D eigenvalue weighted by Crippen LogP contribution is -2.49. The summed E-state index contributed by atoms with van der Waals surface area (Å²) in [5, 5.41) is 0. The van der Waals surface area contributed by atoms with Crippen LogP contribution in [0, 0.1) is 0 Å². The lowest BCUT2D eigenvalue weighted by atomic mass is 10.6. The van der Waals surface area contributed by atoms with Crippen LogP contribution in [0.25, 0.3) is 0 Å². The summed E-state index contributed by atoms with van der Waals surface area (Å²) < 4.78 is 10.8. The summed E-state index contributed by atoms with van der Waals surface area (Å²) in [5.41, 5.74) is -0.118. The second-order valence-electron chi connectivity index (χ2n) is 3.26. The summed E-state index contributed by atoms with van der Waals surface area (Å²) in [6.45, 7) is 9.44. The fraction of sp³-hybridized carbons (Fsp3) is 0.700. The molecule has 0 heterocycles. The zero-order chi connectivity index (χ0) is 11.2. The van der Waals surface area contributed by atoms with Crippen molar-refractivity contribution in [2.24, 2.45) is 0 Å². The number of hydrogen-bond donors (Lipinski definition) is 0. The molecule has 1 atom stereocenters. The Balaban J connectivity index is 4.50. The normalized spacial score (nSPS) is 13.4. The van der Waals surface area contributed by atoms with Gasteiger partial charge in [-0.3, -0.25) is 0 Å². The third kappa shape index (κ3) is 2.96. The van der Waals surface area contributed by atoms with Crippen LogP contribution in [0.5, 0.6) is 0 Å². The molecule has 0 aliphatic rings. The average Bonchev–Trinajstić information content (AvgIpc) is 2.21. The SMILES string of the molecule is C=CC(=O)OC(C)[Si](CC)(CC)OC. The Morgan fingerprint density at radius 1 is 1.50 bits per heavy atom. The van der Waals surface area contributed by atoms with E-state index < -0.39 is 8.32 Å². The van der Waals surface area contributed by atoms with Crippen LogP contribution in [-0.2, 0) is 14.0 Å². The van der Waals surface area contributed by atoms with Crippen LogP contribution < -0.4 is 0 Å². The van der Waals surface area contributed by atoms with E-state index in [0.29, 0.717) is 0 Å². The third-order valence-corrected chi connectivity index (χ3v) is 7.61. The Morgan fingerprint density at radius 2 is 2.00 bits per heavy atom. The highest BCUT2D eigenvalue weighted by Crippen LogP contribution is 2.22. The molecular formula is C10H20O3Si. The van der Waals surface area contributed by atoms with Gasteiger partial charge in [-0.1, -0.05) is 20.4 Å². The molecule has 0 bridgehead atoms. The molecular weight excluding hydrogens is 196 g/mol. The summed E-state index contributed by atoms with van der Waals surface area (Å²) in [5.74, 6) is -0.367. The van der Waals surface area contributed by atoms with Crippen molar-refractivity contribution in [1.82, 2.24) is 0 Å². The average molecular weight is 216 g/mol. The Hall–Kier alpha value is -0.613. The van der Waals surface area contributed by atoms with Crippen molar-refractivity contribution in [2.45, 2.75) is 38.6 Å². The van der Waals surface area contributed by atoms with Crippen molar-refractivity contribution in [3.8, 4) is 0 Å². The van der Waals surface area contributed by atoms with Crippen LogP contribution in [0.15, 0.2) is 12.7 Å². The van der Waals surface area contributed by atoms with Crippen LogP contribution in [0.2, 0.25) is 12.1 Å². The van der Waals surface area contributed by atoms with Gasteiger partial charge in [0.2, 0.25) is 8.32 Å². The Bertz CT molecular complexity index is 191. The molecule has 0 rings (SSSR count). The van der Waals surface area contributed by atoms with Gasteiger partial charge >= 0.3 is 5.97 Å². The smallest absolute Gasteiger partial charge is 0.330 e. The van der Waals surface area contributed by atoms with Crippen molar-refractivity contribution in [2.75, 3.05) is 7.11 Å². The molecule has 0 fully saturated rings. The minimum Gasteiger partial charge on any atom is -0.460 e. The molecule has 3 nitrogen and oxygen atoms in total. The van der Waals surface area contributed by atoms with Gasteiger partial charge in [0, 0.05) is 13.2 Å². The first kappa shape index (κ1) is 13.4. The molecule has 0 aliphatic carbocycles. The first-order valence-electron chi connectivity index (χ1n) is 4.94. The summed E-state index contributed by atoms with van der Waals surface area (Å²) in [4.78, 5) is 11.0. The Labute approximate surface area is 87.2 Å². The van der Waals surface area contributed by atoms with Crippen molar-refractivity contribution in [3.05, 3.63) is 12.7 Å². The molecule has 0 aromatic heterocycles. The van der Waals surface area contributed by atoms with Crippen molar-refractivity contribution in [1.29, 1.82) is 0 Å². The summed E-state index contributed by atoms with van der Waals surface area (Å²) in [6.07, 6.45) is 1.19. The standard InChI is InChI=1S/C10H20O3Si/c1-6-10(11)13-9(4)14(7-2,8-3)12-5/h6,9H,1,7-8H2,2-5H3. The molecule has 0 spiro atoms. The molecule has 0 amide bonds. The topological polar surface area (TPSA) is 35.5 Å². The first-order chi connectivity index (χ1) is 6.56. The molecule has 14 heavy (non-hydrogen) atoms. The fourth-order valence-electron chi connectivity index (χ4n) is 1.61. The molecule has 1 unspecified atom stereocenters. The first-order valence-corrected chi connectivity index (χ1v) is 7.34. The maximum absolute atomic E-state index is 11.0. The van der Waals surface area contributed by atoms with Crippen molar-refractivity contribution < 1.29 is 14.0 Å². The summed E-state index contributed by atoms with van der Waals surface area (Å²) in [7, 11) is -0.185. The summed E-state index contributed by atoms with van der Waals surface area (Å²) in [6, 6.07) is 1.90. The van der Waals surface area contributed by atoms with Crippen molar-refractivity contribution in [3.63, 3.8) is 0 Å². The summed E-state index contributed by atoms with van der Waals surface area (Å²) >= 11 is 0. The van der Waals surface area contributed by atoms with E-state index in [4.69, 9.17) is 9.16 Å². The van der Waals surface area contributed by atoms with Crippen molar-refractivity contribution >= 4 is 14.3 Å². The molecule has 0 aliphatic heterocycles. The van der Waals surface area contributed by atoms with Crippen LogP contribution in [0.1, 0.15) is 20.8 Å². The van der Waals surface area contributed by atoms with Gasteiger partial charge in [-0.2, -0.15) is 0 Å². The van der Waals surface area contributed by atoms with E-state index in [1.165, 1.54) is 6.08 Å². The maximum atomic E-state index is 11.0. The number of esters is 1. The maximum Gasteiger partial charge on any atom is 0.330 e. The van der Waals surface area contributed by atoms with E-state index in [-0.39, 0.29) is 11.7 Å². The fourth-order valence-corrected chi connectivity index (χ4v) is 4.50. The van der Waals surface area contributed by atoms with Gasteiger partial charge in [0.1, 0.15) is 5.73 Å². The highest BCUT2D eigenvalue weighted by Gasteiger charge is 2.38. The number of carbonyl (C=O) groups is 1. The van der Waals surface area contributed by atoms with Gasteiger partial charge in [-0.25, -0.2) is 4.79 Å². The number of hydrogen-bond acceptors (Lipinski definition) is 3. The van der Waals surface area contributed by atoms with Gasteiger partial charge in [-0.15, -0.1) is 0 Å². The van der Waals surface area contributed by atoms with E-state index in [0.717, 1.165) is 12.1 Å². The van der Waals surface area contributed by atoms with Gasteiger partial charge < -0.3 is 9.16 Å². The minimum atomic E-state index is -1.89. The number of rotatable bonds is 6. The number of carbonyl (C=O) groups excluding carboxylic acids is 1. The lowest BCUT2D eigenvalue weighted by Gasteiger charge is -2.32. The molecule has 0 aromatic carbocycles. The number of ether oxygens (including phenoxy) is 1. The molecule has 0 saturated carbocycles. The van der Waals surface area contributed by atoms with Gasteiger partial charge in [0.25, 0.3) is 0 Å². The van der Waals surface area contributed by atoms with Gasteiger partial charge in [0.15, 0.2) is 0 Å². The lowest BCUT2D eigenvalue weighted by molar-refractivity contribution is -0.139. The second-order valence-corrected chi connectivity index (χ2v) is 8.02. The zero-order valence-electron chi connectivity index (χ0n) is 9.50. The molecule has 4 heteroatoms. The molecule has 0 N–H and O–H groups in total. The molecule has 0 aromatic rings. The second kappa shape index (κ2) is 5.98. The van der Waals surface area contributed by atoms with E-state index in [2.05, 4.69) is 20.4 Å². The van der Waals surface area contributed by atoms with Crippen LogP contribution in [0.3, 0.4) is 0 Å². The van der Waals surface area contributed by atoms with Gasteiger partial charge in [0.05, 0.1) is 0 Å².